The molecule has 0 spiro atoms. The zero-order valence-electron chi connectivity index (χ0n) is 11.8. The molecule has 0 saturated heterocycles. The topological polar surface area (TPSA) is 54.7 Å². The van der Waals surface area contributed by atoms with E-state index in [1.165, 1.54) is 5.56 Å². The molecule has 1 heterocycles. The van der Waals surface area contributed by atoms with Gasteiger partial charge in [0.15, 0.2) is 0 Å². The van der Waals surface area contributed by atoms with Crippen molar-refractivity contribution in [2.75, 3.05) is 12.1 Å². The second-order valence-corrected chi connectivity index (χ2v) is 5.86. The Labute approximate surface area is 137 Å². The summed E-state index contributed by atoms with van der Waals surface area (Å²) >= 11 is 3.44. The Balaban J connectivity index is 1.55. The molecule has 0 amide bonds. The van der Waals surface area contributed by atoms with Crippen molar-refractivity contribution in [1.82, 2.24) is 10.0 Å². The molecule has 0 saturated carbocycles. The first-order valence-corrected chi connectivity index (χ1v) is 7.59. The van der Waals surface area contributed by atoms with E-state index < -0.39 is 0 Å². The van der Waals surface area contributed by atoms with Crippen LogP contribution >= 0.6 is 15.9 Å². The number of hydrogen-bond donors (Lipinski definition) is 1. The van der Waals surface area contributed by atoms with Crippen LogP contribution in [0, 0.1) is 11.3 Å². The summed E-state index contributed by atoms with van der Waals surface area (Å²) in [5.74, 6) is 0. The second-order valence-electron chi connectivity index (χ2n) is 4.95. The van der Waals surface area contributed by atoms with E-state index in [9.17, 15) is 0 Å². The van der Waals surface area contributed by atoms with E-state index in [0.29, 0.717) is 12.2 Å². The SMILES string of the molecule is N#Cc1ccc(NN2CN(Cc3ccc(Br)cc3)C=N2)cc1. The Kier molecular flexibility index (Phi) is 4.26. The van der Waals surface area contributed by atoms with Crippen molar-refractivity contribution in [2.45, 2.75) is 6.54 Å². The van der Waals surface area contributed by atoms with Crippen molar-refractivity contribution in [3.05, 3.63) is 64.1 Å². The quantitative estimate of drug-likeness (QED) is 0.913. The van der Waals surface area contributed by atoms with Crippen molar-refractivity contribution in [3.8, 4) is 6.07 Å². The number of hydrazone groups is 1. The molecule has 0 aliphatic carbocycles. The number of rotatable bonds is 4. The van der Waals surface area contributed by atoms with Crippen LogP contribution in [-0.2, 0) is 6.54 Å². The van der Waals surface area contributed by atoms with E-state index >= 15 is 0 Å². The number of hydrogen-bond acceptors (Lipinski definition) is 5. The number of nitrogens with one attached hydrogen (secondary N) is 1. The van der Waals surface area contributed by atoms with Gasteiger partial charge in [-0.15, -0.1) is 5.10 Å². The molecule has 2 aromatic rings. The molecule has 22 heavy (non-hydrogen) atoms. The predicted molar refractivity (Wildman–Crippen MR) is 89.7 cm³/mol. The summed E-state index contributed by atoms with van der Waals surface area (Å²) in [4.78, 5) is 2.11. The van der Waals surface area contributed by atoms with E-state index in [0.717, 1.165) is 16.7 Å². The van der Waals surface area contributed by atoms with Crippen molar-refractivity contribution in [1.29, 1.82) is 5.26 Å². The van der Waals surface area contributed by atoms with Gasteiger partial charge in [-0.3, -0.25) is 5.43 Å². The molecule has 0 radical (unpaired) electrons. The smallest absolute Gasteiger partial charge is 0.130 e. The monoisotopic (exact) mass is 355 g/mol. The summed E-state index contributed by atoms with van der Waals surface area (Å²) in [5, 5.41) is 14.9. The minimum Gasteiger partial charge on any atom is -0.336 e. The molecule has 6 heteroatoms. The van der Waals surface area contributed by atoms with E-state index in [4.69, 9.17) is 5.26 Å². The average molecular weight is 356 g/mol. The molecule has 1 N–H and O–H groups in total. The van der Waals surface area contributed by atoms with Gasteiger partial charge in [0.2, 0.25) is 0 Å². The van der Waals surface area contributed by atoms with Gasteiger partial charge in [-0.1, -0.05) is 28.1 Å². The molecule has 1 aliphatic heterocycles. The number of halogens is 1. The van der Waals surface area contributed by atoms with Crippen LogP contribution in [-0.4, -0.2) is 23.0 Å². The van der Waals surface area contributed by atoms with Gasteiger partial charge in [0, 0.05) is 11.0 Å². The highest BCUT2D eigenvalue weighted by Gasteiger charge is 2.14. The van der Waals surface area contributed by atoms with Crippen LogP contribution in [0.15, 0.2) is 58.1 Å². The molecule has 5 nitrogen and oxygen atoms in total. The highest BCUT2D eigenvalue weighted by atomic mass is 79.9. The van der Waals surface area contributed by atoms with Crippen LogP contribution in [0.5, 0.6) is 0 Å². The molecule has 0 unspecified atom stereocenters. The van der Waals surface area contributed by atoms with Gasteiger partial charge in [-0.2, -0.15) is 10.4 Å². The minimum atomic E-state index is 0.646. The van der Waals surface area contributed by atoms with E-state index in [1.54, 1.807) is 17.3 Å². The van der Waals surface area contributed by atoms with E-state index in [1.807, 2.05) is 30.6 Å². The molecular weight excluding hydrogens is 342 g/mol. The number of nitrogens with zero attached hydrogens (tertiary/aromatic N) is 4. The van der Waals surface area contributed by atoms with Crippen LogP contribution in [0.3, 0.4) is 0 Å². The molecular formula is C16H14BrN5. The highest BCUT2D eigenvalue weighted by molar-refractivity contribution is 9.10. The zero-order chi connectivity index (χ0) is 15.4. The van der Waals surface area contributed by atoms with Gasteiger partial charge >= 0.3 is 0 Å². The Morgan fingerprint density at radius 2 is 1.86 bits per heavy atom. The third-order valence-electron chi connectivity index (χ3n) is 3.24. The number of benzene rings is 2. The van der Waals surface area contributed by atoms with Crippen LogP contribution in [0.4, 0.5) is 5.69 Å². The lowest BCUT2D eigenvalue weighted by atomic mass is 10.2. The predicted octanol–water partition coefficient (Wildman–Crippen LogP) is 3.37. The average Bonchev–Trinajstić information content (AvgIpc) is 2.97. The van der Waals surface area contributed by atoms with E-state index in [-0.39, 0.29) is 0 Å². The molecule has 0 aromatic heterocycles. The molecule has 0 fully saturated rings. The van der Waals surface area contributed by atoms with E-state index in [2.05, 4.69) is 49.6 Å². The normalized spacial score (nSPS) is 13.3. The third kappa shape index (κ3) is 3.57. The molecule has 110 valence electrons. The minimum absolute atomic E-state index is 0.646. The Bertz CT molecular complexity index is 703. The lowest BCUT2D eigenvalue weighted by molar-refractivity contribution is 0.271. The summed E-state index contributed by atoms with van der Waals surface area (Å²) in [6.07, 6.45) is 1.82. The number of anilines is 1. The van der Waals surface area contributed by atoms with Crippen molar-refractivity contribution >= 4 is 28.0 Å². The Morgan fingerprint density at radius 3 is 2.55 bits per heavy atom. The Hall–Kier alpha value is -2.52. The maximum absolute atomic E-state index is 8.79. The van der Waals surface area contributed by atoms with Crippen LogP contribution < -0.4 is 5.43 Å². The van der Waals surface area contributed by atoms with Gasteiger partial charge < -0.3 is 4.90 Å². The van der Waals surface area contributed by atoms with Gasteiger partial charge in [0.05, 0.1) is 17.3 Å². The maximum Gasteiger partial charge on any atom is 0.130 e. The standard InChI is InChI=1S/C16H14BrN5/c17-15-5-1-14(2-6-15)10-21-11-19-22(12-21)20-16-7-3-13(9-18)4-8-16/h1-8,11,20H,10,12H2. The van der Waals surface area contributed by atoms with Gasteiger partial charge in [0.25, 0.3) is 0 Å². The first-order valence-electron chi connectivity index (χ1n) is 6.80. The summed E-state index contributed by atoms with van der Waals surface area (Å²) in [7, 11) is 0. The molecule has 2 aromatic carbocycles. The summed E-state index contributed by atoms with van der Waals surface area (Å²) in [5.41, 5.74) is 5.98. The number of nitriles is 1. The summed E-state index contributed by atoms with van der Waals surface area (Å²) in [6, 6.07) is 17.7. The molecule has 3 rings (SSSR count). The van der Waals surface area contributed by atoms with Crippen molar-refractivity contribution in [2.24, 2.45) is 5.10 Å². The molecule has 1 aliphatic rings. The van der Waals surface area contributed by atoms with Gasteiger partial charge in [-0.25, -0.2) is 0 Å². The largest absolute Gasteiger partial charge is 0.336 e. The van der Waals surface area contributed by atoms with Crippen molar-refractivity contribution in [3.63, 3.8) is 0 Å². The fourth-order valence-corrected chi connectivity index (χ4v) is 2.39. The lowest BCUT2D eigenvalue weighted by Gasteiger charge is -2.20. The van der Waals surface area contributed by atoms with Gasteiger partial charge in [0.1, 0.15) is 13.0 Å². The highest BCUT2D eigenvalue weighted by Crippen LogP contribution is 2.15. The van der Waals surface area contributed by atoms with Gasteiger partial charge in [-0.05, 0) is 42.0 Å². The fraction of sp³-hybridized carbons (Fsp3) is 0.125. The summed E-state index contributed by atoms with van der Waals surface area (Å²) in [6.45, 7) is 1.47. The van der Waals surface area contributed by atoms with Crippen LogP contribution in [0.1, 0.15) is 11.1 Å². The first-order chi connectivity index (χ1) is 10.7. The molecule has 0 atom stereocenters. The lowest BCUT2D eigenvalue weighted by Crippen LogP contribution is -2.30. The third-order valence-corrected chi connectivity index (χ3v) is 3.77. The fourth-order valence-electron chi connectivity index (χ4n) is 2.13. The first kappa shape index (κ1) is 14.4. The zero-order valence-corrected chi connectivity index (χ0v) is 13.4. The van der Waals surface area contributed by atoms with Crippen molar-refractivity contribution < 1.29 is 0 Å². The maximum atomic E-state index is 8.79. The van der Waals surface area contributed by atoms with Crippen LogP contribution in [0.25, 0.3) is 0 Å². The Morgan fingerprint density at radius 1 is 1.14 bits per heavy atom. The number of hydrazine groups is 1. The second kappa shape index (κ2) is 6.50. The summed E-state index contributed by atoms with van der Waals surface area (Å²) < 4.78 is 1.08. The molecule has 0 bridgehead atoms. The van der Waals surface area contributed by atoms with Crippen LogP contribution in [0.2, 0.25) is 0 Å².